The van der Waals surface area contributed by atoms with Gasteiger partial charge < -0.3 is 26.1 Å². The van der Waals surface area contributed by atoms with E-state index in [1.54, 1.807) is 17.4 Å². The highest BCUT2D eigenvalue weighted by molar-refractivity contribution is 7.21. The Hall–Kier alpha value is -3.85. The number of anilines is 2. The van der Waals surface area contributed by atoms with Crippen molar-refractivity contribution in [2.45, 2.75) is 13.0 Å². The van der Waals surface area contributed by atoms with E-state index in [2.05, 4.69) is 20.9 Å². The second-order valence-electron chi connectivity index (χ2n) is 6.78. The average Bonchev–Trinajstić information content (AvgIpc) is 3.39. The van der Waals surface area contributed by atoms with Gasteiger partial charge in [-0.3, -0.25) is 4.79 Å². The van der Waals surface area contributed by atoms with Crippen molar-refractivity contribution in [1.29, 1.82) is 0 Å². The summed E-state index contributed by atoms with van der Waals surface area (Å²) in [4.78, 5) is 27.2. The molecule has 0 aliphatic carbocycles. The molecule has 158 valence electrons. The van der Waals surface area contributed by atoms with Gasteiger partial charge in [0.05, 0.1) is 16.8 Å². The number of nitrogens with zero attached hydrogens (tertiary/aromatic N) is 1. The highest BCUT2D eigenvalue weighted by Gasteiger charge is 2.10. The standard InChI is InChI=1S/C22H21N5O3S/c23-20(28)10-11-24-22(29)26-15-5-3-4-14(12-15)25-13-16-8-9-18(30-16)21-27-17-6-1-2-7-19(17)31-21/h1-9,12,25H,10-11,13H2,(H2,23,28)(H2,24,26,29). The number of urea groups is 1. The van der Waals surface area contributed by atoms with Crippen molar-refractivity contribution in [3.05, 3.63) is 66.4 Å². The first-order chi connectivity index (χ1) is 15.1. The lowest BCUT2D eigenvalue weighted by Gasteiger charge is -2.09. The summed E-state index contributed by atoms with van der Waals surface area (Å²) >= 11 is 1.60. The van der Waals surface area contributed by atoms with Crippen molar-refractivity contribution in [3.8, 4) is 10.8 Å². The molecule has 0 saturated heterocycles. The molecule has 8 nitrogen and oxygen atoms in total. The molecule has 31 heavy (non-hydrogen) atoms. The van der Waals surface area contributed by atoms with Gasteiger partial charge in [-0.15, -0.1) is 11.3 Å². The van der Waals surface area contributed by atoms with Crippen molar-refractivity contribution in [2.24, 2.45) is 5.73 Å². The van der Waals surface area contributed by atoms with Crippen LogP contribution in [0, 0.1) is 0 Å². The summed E-state index contributed by atoms with van der Waals surface area (Å²) in [7, 11) is 0. The molecular weight excluding hydrogens is 414 g/mol. The number of fused-ring (bicyclic) bond motifs is 1. The third kappa shape index (κ3) is 5.40. The van der Waals surface area contributed by atoms with Gasteiger partial charge in [0.15, 0.2) is 10.8 Å². The van der Waals surface area contributed by atoms with E-state index < -0.39 is 11.9 Å². The van der Waals surface area contributed by atoms with E-state index in [0.717, 1.165) is 32.4 Å². The Morgan fingerprint density at radius 1 is 1.03 bits per heavy atom. The van der Waals surface area contributed by atoms with Gasteiger partial charge in [-0.05, 0) is 42.5 Å². The van der Waals surface area contributed by atoms with Crippen LogP contribution in [0.1, 0.15) is 12.2 Å². The lowest BCUT2D eigenvalue weighted by molar-refractivity contribution is -0.117. The summed E-state index contributed by atoms with van der Waals surface area (Å²) in [5.74, 6) is 1.05. The maximum atomic E-state index is 11.9. The molecule has 3 amide bonds. The SMILES string of the molecule is NC(=O)CCNC(=O)Nc1cccc(NCc2ccc(-c3nc4ccccc4s3)o2)c1. The highest BCUT2D eigenvalue weighted by Crippen LogP contribution is 2.31. The maximum absolute atomic E-state index is 11.9. The number of hydrogen-bond acceptors (Lipinski definition) is 6. The number of aromatic nitrogens is 1. The molecule has 0 saturated carbocycles. The number of carbonyl (C=O) groups excluding carboxylic acids is 2. The molecule has 0 aliphatic rings. The second-order valence-corrected chi connectivity index (χ2v) is 7.81. The van der Waals surface area contributed by atoms with E-state index in [9.17, 15) is 9.59 Å². The molecule has 0 atom stereocenters. The monoisotopic (exact) mass is 435 g/mol. The highest BCUT2D eigenvalue weighted by atomic mass is 32.1. The summed E-state index contributed by atoms with van der Waals surface area (Å²) in [5, 5.41) is 9.43. The Bertz CT molecular complexity index is 1180. The number of hydrogen-bond donors (Lipinski definition) is 4. The minimum Gasteiger partial charge on any atom is -0.457 e. The zero-order chi connectivity index (χ0) is 21.6. The summed E-state index contributed by atoms with van der Waals surface area (Å²) < 4.78 is 7.07. The molecule has 0 bridgehead atoms. The second kappa shape index (κ2) is 9.31. The van der Waals surface area contributed by atoms with Crippen LogP contribution in [0.3, 0.4) is 0 Å². The van der Waals surface area contributed by atoms with E-state index in [4.69, 9.17) is 10.2 Å². The predicted octanol–water partition coefficient (Wildman–Crippen LogP) is 4.17. The minimum atomic E-state index is -0.462. The zero-order valence-corrected chi connectivity index (χ0v) is 17.4. The molecule has 0 spiro atoms. The van der Waals surface area contributed by atoms with Crippen LogP contribution in [0.2, 0.25) is 0 Å². The van der Waals surface area contributed by atoms with Crippen LogP contribution in [-0.4, -0.2) is 23.5 Å². The molecule has 0 aliphatic heterocycles. The van der Waals surface area contributed by atoms with Crippen LogP contribution < -0.4 is 21.7 Å². The third-order valence-electron chi connectivity index (χ3n) is 4.41. The van der Waals surface area contributed by atoms with Gasteiger partial charge in [-0.2, -0.15) is 0 Å². The van der Waals surface area contributed by atoms with Gasteiger partial charge in [0, 0.05) is 24.3 Å². The minimum absolute atomic E-state index is 0.0944. The molecule has 2 aromatic carbocycles. The van der Waals surface area contributed by atoms with Gasteiger partial charge >= 0.3 is 6.03 Å². The number of thiazole rings is 1. The molecule has 5 N–H and O–H groups in total. The van der Waals surface area contributed by atoms with E-state index >= 15 is 0 Å². The average molecular weight is 436 g/mol. The number of furan rings is 1. The summed E-state index contributed by atoms with van der Waals surface area (Å²) in [6, 6.07) is 18.7. The topological polar surface area (TPSA) is 122 Å². The number of nitrogens with one attached hydrogen (secondary N) is 3. The van der Waals surface area contributed by atoms with Gasteiger partial charge in [0.25, 0.3) is 0 Å². The smallest absolute Gasteiger partial charge is 0.319 e. The Balaban J connectivity index is 1.34. The van der Waals surface area contributed by atoms with Crippen molar-refractivity contribution >= 4 is 44.9 Å². The van der Waals surface area contributed by atoms with Crippen LogP contribution in [0.15, 0.2) is 65.1 Å². The number of carbonyl (C=O) groups is 2. The fraction of sp³-hybridized carbons (Fsp3) is 0.136. The third-order valence-corrected chi connectivity index (χ3v) is 5.46. The summed E-state index contributed by atoms with van der Waals surface area (Å²) in [5.41, 5.74) is 7.46. The van der Waals surface area contributed by atoms with Crippen LogP contribution in [-0.2, 0) is 11.3 Å². The Labute approximate surface area is 182 Å². The number of rotatable bonds is 8. The van der Waals surface area contributed by atoms with Crippen LogP contribution in [0.5, 0.6) is 0 Å². The fourth-order valence-electron chi connectivity index (χ4n) is 2.94. The quantitative estimate of drug-likeness (QED) is 0.331. The lowest BCUT2D eigenvalue weighted by atomic mass is 10.2. The fourth-order valence-corrected chi connectivity index (χ4v) is 3.86. The lowest BCUT2D eigenvalue weighted by Crippen LogP contribution is -2.31. The zero-order valence-electron chi connectivity index (χ0n) is 16.6. The van der Waals surface area contributed by atoms with E-state index in [1.807, 2.05) is 54.6 Å². The maximum Gasteiger partial charge on any atom is 0.319 e. The Morgan fingerprint density at radius 2 is 1.87 bits per heavy atom. The summed E-state index contributed by atoms with van der Waals surface area (Å²) in [6.45, 7) is 0.674. The predicted molar refractivity (Wildman–Crippen MR) is 122 cm³/mol. The van der Waals surface area contributed by atoms with Gasteiger partial charge in [0.1, 0.15) is 5.76 Å². The molecule has 2 aromatic heterocycles. The number of para-hydroxylation sites is 1. The van der Waals surface area contributed by atoms with Gasteiger partial charge in [-0.25, -0.2) is 9.78 Å². The van der Waals surface area contributed by atoms with Crippen LogP contribution >= 0.6 is 11.3 Å². The molecule has 9 heteroatoms. The van der Waals surface area contributed by atoms with Crippen molar-refractivity contribution in [2.75, 3.05) is 17.2 Å². The van der Waals surface area contributed by atoms with E-state index in [-0.39, 0.29) is 13.0 Å². The van der Waals surface area contributed by atoms with Crippen LogP contribution in [0.25, 0.3) is 21.0 Å². The first-order valence-electron chi connectivity index (χ1n) is 9.68. The van der Waals surface area contributed by atoms with Crippen LogP contribution in [0.4, 0.5) is 16.2 Å². The van der Waals surface area contributed by atoms with Crippen molar-refractivity contribution < 1.29 is 14.0 Å². The van der Waals surface area contributed by atoms with Gasteiger partial charge in [-0.1, -0.05) is 18.2 Å². The van der Waals surface area contributed by atoms with Crippen molar-refractivity contribution in [1.82, 2.24) is 10.3 Å². The number of nitrogens with two attached hydrogens (primary N) is 1. The largest absolute Gasteiger partial charge is 0.457 e. The number of benzene rings is 2. The van der Waals surface area contributed by atoms with Crippen molar-refractivity contribution in [3.63, 3.8) is 0 Å². The molecule has 0 unspecified atom stereocenters. The number of amides is 3. The molecular formula is C22H21N5O3S. The molecule has 2 heterocycles. The first-order valence-corrected chi connectivity index (χ1v) is 10.5. The molecule has 0 radical (unpaired) electrons. The summed E-state index contributed by atoms with van der Waals surface area (Å²) in [6.07, 6.45) is 0.0944. The van der Waals surface area contributed by atoms with Gasteiger partial charge in [0.2, 0.25) is 5.91 Å². The number of primary amides is 1. The molecule has 4 aromatic rings. The first kappa shape index (κ1) is 20.4. The normalized spacial score (nSPS) is 10.7. The Kier molecular flexibility index (Phi) is 6.13. The van der Waals surface area contributed by atoms with E-state index in [1.165, 1.54) is 0 Å². The Morgan fingerprint density at radius 3 is 2.71 bits per heavy atom. The molecule has 4 rings (SSSR count). The molecule has 0 fully saturated rings. The van der Waals surface area contributed by atoms with E-state index in [0.29, 0.717) is 12.2 Å².